The van der Waals surface area contributed by atoms with Crippen molar-refractivity contribution in [2.75, 3.05) is 25.2 Å². The summed E-state index contributed by atoms with van der Waals surface area (Å²) in [6.07, 6.45) is -0.942. The fourth-order valence-corrected chi connectivity index (χ4v) is 7.73. The third-order valence-electron chi connectivity index (χ3n) is 10.2. The summed E-state index contributed by atoms with van der Waals surface area (Å²) in [7, 11) is -1.03. The average molecular weight is 802 g/mol. The first-order valence-electron chi connectivity index (χ1n) is 17.7. The lowest BCUT2D eigenvalue weighted by Gasteiger charge is -2.37. The predicted octanol–water partition coefficient (Wildman–Crippen LogP) is 9.19. The van der Waals surface area contributed by atoms with Crippen molar-refractivity contribution in [3.63, 3.8) is 0 Å². The van der Waals surface area contributed by atoms with Gasteiger partial charge in [-0.25, -0.2) is 9.59 Å². The monoisotopic (exact) mass is 800 g/mol. The van der Waals surface area contributed by atoms with Gasteiger partial charge in [0.2, 0.25) is 11.3 Å². The molecule has 0 aromatic heterocycles. The van der Waals surface area contributed by atoms with E-state index < -0.39 is 31.7 Å². The number of alkyl carbamates (subject to hydrolysis) is 1. The summed E-state index contributed by atoms with van der Waals surface area (Å²) < 4.78 is 24.2. The van der Waals surface area contributed by atoms with Crippen molar-refractivity contribution < 1.29 is 33.0 Å². The van der Waals surface area contributed by atoms with Crippen LogP contribution in [0.5, 0.6) is 5.75 Å². The first-order valence-corrected chi connectivity index (χ1v) is 21.4. The van der Waals surface area contributed by atoms with Crippen molar-refractivity contribution >= 4 is 47.8 Å². The van der Waals surface area contributed by atoms with Gasteiger partial charge in [0, 0.05) is 42.9 Å². The first kappa shape index (κ1) is 39.7. The lowest BCUT2D eigenvalue weighted by Crippen LogP contribution is -2.58. The van der Waals surface area contributed by atoms with Crippen LogP contribution < -0.4 is 15.0 Å². The Labute approximate surface area is 322 Å². The van der Waals surface area contributed by atoms with Crippen molar-refractivity contribution in [2.24, 2.45) is 0 Å². The maximum absolute atomic E-state index is 15.1. The molecule has 0 bridgehead atoms. The summed E-state index contributed by atoms with van der Waals surface area (Å²) in [6, 6.07) is 30.9. The quantitative estimate of drug-likeness (QED) is 0.0583. The van der Waals surface area contributed by atoms with Gasteiger partial charge in [0.25, 0.3) is 0 Å². The molecule has 1 aliphatic rings. The number of hydrogen-bond acceptors (Lipinski definition) is 8. The molecule has 1 heterocycles. The molecule has 2 atom stereocenters. The van der Waals surface area contributed by atoms with Gasteiger partial charge in [0.05, 0.1) is 11.6 Å². The van der Waals surface area contributed by atoms with Gasteiger partial charge in [0.1, 0.15) is 19.0 Å². The molecule has 0 spiro atoms. The van der Waals surface area contributed by atoms with Gasteiger partial charge in [-0.05, 0) is 63.2 Å². The number of carbonyl (C=O) groups excluding carboxylic acids is 3. The van der Waals surface area contributed by atoms with Crippen LogP contribution in [0.1, 0.15) is 66.2 Å². The van der Waals surface area contributed by atoms with E-state index in [4.69, 9.17) is 18.6 Å². The molecule has 0 saturated carbocycles. The standard InChI is InChI=1S/C42H49BrN2O7Si/c1-41(2,3)53(6,7)52-28-32-25-45(24-29-17-11-8-12-18-29)33-23-34(50-26-30-19-13-9-14-20-30)37(43)36(35(32)33)38(46)42(4,39(47)49-5)44-40(48)51-27-31-21-15-10-16-22-31/h8-23,32H,24-28H2,1-7H3,(H,44,48)/t32-,42+/m0/s1. The van der Waals surface area contributed by atoms with Crippen molar-refractivity contribution in [1.82, 2.24) is 5.32 Å². The molecule has 53 heavy (non-hydrogen) atoms. The van der Waals surface area contributed by atoms with E-state index in [0.29, 0.717) is 35.5 Å². The van der Waals surface area contributed by atoms with Crippen LogP contribution in [0, 0.1) is 0 Å². The normalized spacial score (nSPS) is 15.2. The number of benzene rings is 4. The minimum atomic E-state index is -2.22. The molecule has 0 radical (unpaired) electrons. The van der Waals surface area contributed by atoms with Gasteiger partial charge in [-0.2, -0.15) is 0 Å². The third-order valence-corrected chi connectivity index (χ3v) is 15.5. The molecule has 0 fully saturated rings. The summed E-state index contributed by atoms with van der Waals surface area (Å²) in [4.78, 5) is 44.3. The molecular formula is C42H49BrN2O7Si. The van der Waals surface area contributed by atoms with Crippen LogP contribution >= 0.6 is 15.9 Å². The fourth-order valence-electron chi connectivity index (χ4n) is 6.06. The molecule has 1 N–H and O–H groups in total. The highest BCUT2D eigenvalue weighted by Gasteiger charge is 2.49. The topological polar surface area (TPSA) is 103 Å². The smallest absolute Gasteiger partial charge is 0.408 e. The number of hydrogen-bond donors (Lipinski definition) is 1. The molecule has 4 aromatic rings. The van der Waals surface area contributed by atoms with E-state index >= 15 is 4.79 Å². The number of ketones is 1. The number of nitrogens with zero attached hydrogens (tertiary/aromatic N) is 1. The van der Waals surface area contributed by atoms with Crippen LogP contribution in [0.15, 0.2) is 102 Å². The Kier molecular flexibility index (Phi) is 12.5. The highest BCUT2D eigenvalue weighted by atomic mass is 79.9. The molecule has 1 amide bonds. The summed E-state index contributed by atoms with van der Waals surface area (Å²) in [5.74, 6) is -1.45. The van der Waals surface area contributed by atoms with E-state index in [1.165, 1.54) is 14.0 Å². The largest absolute Gasteiger partial charge is 0.488 e. The number of ether oxygens (including phenoxy) is 3. The lowest BCUT2D eigenvalue weighted by atomic mass is 9.85. The number of methoxy groups -OCH3 is 1. The second-order valence-electron chi connectivity index (χ2n) is 15.0. The molecule has 0 unspecified atom stereocenters. The minimum Gasteiger partial charge on any atom is -0.488 e. The van der Waals surface area contributed by atoms with Gasteiger partial charge in [-0.1, -0.05) is 112 Å². The molecule has 9 nitrogen and oxygen atoms in total. The second kappa shape index (κ2) is 16.7. The average Bonchev–Trinajstić information content (AvgIpc) is 3.48. The molecular weight excluding hydrogens is 752 g/mol. The Morgan fingerprint density at radius 3 is 1.94 bits per heavy atom. The summed E-state index contributed by atoms with van der Waals surface area (Å²) >= 11 is 3.74. The Balaban J connectivity index is 1.62. The number of fused-ring (bicyclic) bond motifs is 1. The molecule has 11 heteroatoms. The number of carbonyl (C=O) groups is 3. The van der Waals surface area contributed by atoms with E-state index in [1.54, 1.807) is 0 Å². The molecule has 5 rings (SSSR count). The summed E-state index contributed by atoms with van der Waals surface area (Å²) in [5, 5.41) is 2.52. The Hall–Kier alpha value is -4.45. The number of halogens is 1. The zero-order valence-corrected chi connectivity index (χ0v) is 34.1. The molecule has 0 aliphatic carbocycles. The Morgan fingerprint density at radius 1 is 0.849 bits per heavy atom. The van der Waals surface area contributed by atoms with Gasteiger partial charge >= 0.3 is 12.1 Å². The number of rotatable bonds is 14. The van der Waals surface area contributed by atoms with Crippen molar-refractivity contribution in [2.45, 2.75) is 77.0 Å². The van der Waals surface area contributed by atoms with Crippen LogP contribution in [-0.4, -0.2) is 52.0 Å². The van der Waals surface area contributed by atoms with Crippen LogP contribution in [0.3, 0.4) is 0 Å². The van der Waals surface area contributed by atoms with E-state index in [2.05, 4.69) is 72.1 Å². The van der Waals surface area contributed by atoms with Crippen molar-refractivity contribution in [3.05, 3.63) is 129 Å². The zero-order chi connectivity index (χ0) is 38.4. The zero-order valence-electron chi connectivity index (χ0n) is 31.5. The highest BCUT2D eigenvalue weighted by molar-refractivity contribution is 9.10. The summed E-state index contributed by atoms with van der Waals surface area (Å²) in [5.41, 5.74) is 2.33. The second-order valence-corrected chi connectivity index (χ2v) is 20.6. The number of anilines is 1. The molecule has 4 aromatic carbocycles. The van der Waals surface area contributed by atoms with Gasteiger partial charge < -0.3 is 23.5 Å². The predicted molar refractivity (Wildman–Crippen MR) is 213 cm³/mol. The van der Waals surface area contributed by atoms with Crippen LogP contribution in [0.25, 0.3) is 0 Å². The van der Waals surface area contributed by atoms with E-state index in [9.17, 15) is 9.59 Å². The lowest BCUT2D eigenvalue weighted by molar-refractivity contribution is -0.145. The van der Waals surface area contributed by atoms with Gasteiger partial charge in [-0.3, -0.25) is 10.1 Å². The molecule has 1 aliphatic heterocycles. The van der Waals surface area contributed by atoms with E-state index in [0.717, 1.165) is 22.4 Å². The van der Waals surface area contributed by atoms with Crippen LogP contribution in [0.2, 0.25) is 18.1 Å². The van der Waals surface area contributed by atoms with Crippen molar-refractivity contribution in [1.29, 1.82) is 0 Å². The Bertz CT molecular complexity index is 1900. The molecule has 280 valence electrons. The minimum absolute atomic E-state index is 0.0417. The number of nitrogens with one attached hydrogen (secondary N) is 1. The van der Waals surface area contributed by atoms with E-state index in [-0.39, 0.29) is 29.7 Å². The van der Waals surface area contributed by atoms with Crippen LogP contribution in [0.4, 0.5) is 10.5 Å². The molecule has 0 saturated heterocycles. The van der Waals surface area contributed by atoms with Gasteiger partial charge in [0.15, 0.2) is 8.32 Å². The fraction of sp³-hybridized carbons (Fsp3) is 0.357. The van der Waals surface area contributed by atoms with Gasteiger partial charge in [-0.15, -0.1) is 0 Å². The maximum Gasteiger partial charge on any atom is 0.408 e. The summed E-state index contributed by atoms with van der Waals surface area (Å²) in [6.45, 7) is 14.0. The SMILES string of the molecule is COC(=O)[C@](C)(NC(=O)OCc1ccccc1)C(=O)c1c(Br)c(OCc2ccccc2)cc2c1[C@H](CO[Si](C)(C)C(C)(C)C)CN2Cc1ccccc1. The van der Waals surface area contributed by atoms with E-state index in [1.807, 2.05) is 84.9 Å². The van der Waals surface area contributed by atoms with Crippen molar-refractivity contribution in [3.8, 4) is 5.75 Å². The number of Topliss-reactive ketones (excluding diaryl/α,β-unsaturated/α-hetero) is 1. The third kappa shape index (κ3) is 9.20. The highest BCUT2D eigenvalue weighted by Crippen LogP contribution is 2.48. The van der Waals surface area contributed by atoms with Crippen LogP contribution in [-0.2, 0) is 38.5 Å². The Morgan fingerprint density at radius 2 is 1.40 bits per heavy atom. The number of amides is 1. The maximum atomic E-state index is 15.1. The number of esters is 1. The first-order chi connectivity index (χ1) is 25.1.